The van der Waals surface area contributed by atoms with Crippen molar-refractivity contribution in [1.82, 2.24) is 4.98 Å². The first-order chi connectivity index (χ1) is 18.1. The molecule has 0 bridgehead atoms. The molecule has 0 radical (unpaired) electrons. The number of methoxy groups -OCH3 is 1. The van der Waals surface area contributed by atoms with Crippen LogP contribution in [0.4, 0.5) is 17.1 Å². The van der Waals surface area contributed by atoms with Gasteiger partial charge in [0.05, 0.1) is 24.1 Å². The Bertz CT molecular complexity index is 1130. The lowest BCUT2D eigenvalue weighted by Gasteiger charge is -2.27. The number of nitrogens with zero attached hydrogens (tertiary/aromatic N) is 2. The van der Waals surface area contributed by atoms with Gasteiger partial charge in [-0.2, -0.15) is 0 Å². The van der Waals surface area contributed by atoms with E-state index in [0.29, 0.717) is 5.69 Å². The number of fused-ring (bicyclic) bond motifs is 1. The van der Waals surface area contributed by atoms with Gasteiger partial charge in [0, 0.05) is 38.3 Å². The SMILES string of the molecule is CC.CNc1cnccc1C(=O)O.COCCN(c1ccc(C2CC2)cc1)c1ccc2c(c1)CCCC2. The summed E-state index contributed by atoms with van der Waals surface area (Å²) in [4.78, 5) is 16.7. The number of aromatic nitrogens is 1. The number of rotatable bonds is 8. The van der Waals surface area contributed by atoms with Crippen molar-refractivity contribution in [3.63, 3.8) is 0 Å². The summed E-state index contributed by atoms with van der Waals surface area (Å²) in [5.41, 5.74) is 7.91. The van der Waals surface area contributed by atoms with Crippen LogP contribution >= 0.6 is 0 Å². The van der Waals surface area contributed by atoms with Crippen molar-refractivity contribution in [1.29, 1.82) is 0 Å². The zero-order chi connectivity index (χ0) is 26.6. The number of hydrogen-bond donors (Lipinski definition) is 2. The standard InChI is InChI=1S/C22H27NO.C7H8N2O2.C2H6/c1-24-15-14-23(21-11-8-19(9-12-21)18-6-7-18)22-13-10-17-4-2-3-5-20(17)16-22;1-8-6-4-9-3-2-5(6)7(10)11;1-2/h8-13,16,18H,2-7,14-15H2,1H3;2-4,8H,1H3,(H,10,11);1-2H3. The first-order valence-corrected chi connectivity index (χ1v) is 13.4. The van der Waals surface area contributed by atoms with E-state index in [9.17, 15) is 4.79 Å². The molecule has 37 heavy (non-hydrogen) atoms. The molecule has 5 rings (SSSR count). The van der Waals surface area contributed by atoms with Gasteiger partial charge < -0.3 is 20.1 Å². The molecule has 6 nitrogen and oxygen atoms in total. The summed E-state index contributed by atoms with van der Waals surface area (Å²) in [7, 11) is 3.44. The number of carbonyl (C=O) groups is 1. The van der Waals surface area contributed by atoms with E-state index in [1.807, 2.05) is 13.8 Å². The predicted octanol–water partition coefficient (Wildman–Crippen LogP) is 7.08. The minimum Gasteiger partial charge on any atom is -0.478 e. The molecular formula is C31H41N3O3. The zero-order valence-electron chi connectivity index (χ0n) is 22.7. The van der Waals surface area contributed by atoms with E-state index in [1.54, 1.807) is 19.7 Å². The van der Waals surface area contributed by atoms with Crippen molar-refractivity contribution in [2.24, 2.45) is 0 Å². The van der Waals surface area contributed by atoms with Crippen LogP contribution in [0.2, 0.25) is 0 Å². The second kappa shape index (κ2) is 14.4. The Kier molecular flexibility index (Phi) is 11.0. The summed E-state index contributed by atoms with van der Waals surface area (Å²) in [5, 5.41) is 11.4. The number of hydrogen-bond acceptors (Lipinski definition) is 5. The van der Waals surface area contributed by atoms with E-state index in [4.69, 9.17) is 9.84 Å². The molecule has 0 spiro atoms. The lowest BCUT2D eigenvalue weighted by atomic mass is 9.91. The van der Waals surface area contributed by atoms with Crippen molar-refractivity contribution in [2.45, 2.75) is 58.3 Å². The van der Waals surface area contributed by atoms with E-state index < -0.39 is 5.97 Å². The highest BCUT2D eigenvalue weighted by Crippen LogP contribution is 2.41. The van der Waals surface area contributed by atoms with Crippen LogP contribution < -0.4 is 10.2 Å². The number of benzene rings is 2. The Hall–Kier alpha value is -3.38. The van der Waals surface area contributed by atoms with Crippen LogP contribution in [-0.4, -0.2) is 43.4 Å². The summed E-state index contributed by atoms with van der Waals surface area (Å²) in [5.74, 6) is -0.132. The molecule has 1 saturated carbocycles. The molecule has 2 N–H and O–H groups in total. The van der Waals surface area contributed by atoms with Gasteiger partial charge in [-0.3, -0.25) is 4.98 Å². The molecule has 0 unspecified atom stereocenters. The van der Waals surface area contributed by atoms with E-state index in [1.165, 1.54) is 79.5 Å². The van der Waals surface area contributed by atoms with Crippen molar-refractivity contribution in [2.75, 3.05) is 37.5 Å². The molecule has 2 aliphatic carbocycles. The average Bonchev–Trinajstić information content (AvgIpc) is 3.81. The van der Waals surface area contributed by atoms with Crippen LogP contribution in [0.3, 0.4) is 0 Å². The molecule has 1 aromatic heterocycles. The second-order valence-corrected chi connectivity index (χ2v) is 9.15. The lowest BCUT2D eigenvalue weighted by Crippen LogP contribution is -2.22. The fraction of sp³-hybridized carbons (Fsp3) is 0.419. The van der Waals surface area contributed by atoms with Gasteiger partial charge in [-0.15, -0.1) is 0 Å². The van der Waals surface area contributed by atoms with E-state index in [0.717, 1.165) is 19.1 Å². The number of carboxylic acid groups (broad SMARTS) is 1. The lowest BCUT2D eigenvalue weighted by molar-refractivity contribution is 0.0698. The van der Waals surface area contributed by atoms with E-state index in [2.05, 4.69) is 57.7 Å². The molecule has 0 aliphatic heterocycles. The highest BCUT2D eigenvalue weighted by atomic mass is 16.5. The van der Waals surface area contributed by atoms with Crippen molar-refractivity contribution >= 4 is 23.0 Å². The van der Waals surface area contributed by atoms with E-state index in [-0.39, 0.29) is 5.56 Å². The van der Waals surface area contributed by atoms with Crippen LogP contribution in [0.1, 0.15) is 72.5 Å². The molecular weight excluding hydrogens is 462 g/mol. The number of anilines is 3. The molecule has 6 heteroatoms. The van der Waals surface area contributed by atoms with Gasteiger partial charge in [-0.1, -0.05) is 32.0 Å². The molecule has 198 valence electrons. The average molecular weight is 504 g/mol. The third kappa shape index (κ3) is 7.80. The highest BCUT2D eigenvalue weighted by molar-refractivity contribution is 5.93. The Balaban J connectivity index is 0.000000247. The molecule has 2 aromatic carbocycles. The van der Waals surface area contributed by atoms with Crippen molar-refractivity contribution in [3.05, 3.63) is 83.2 Å². The molecule has 1 heterocycles. The number of nitrogens with one attached hydrogen (secondary N) is 1. The Morgan fingerprint density at radius 3 is 2.30 bits per heavy atom. The largest absolute Gasteiger partial charge is 0.478 e. The normalized spacial score (nSPS) is 13.7. The van der Waals surface area contributed by atoms with Crippen molar-refractivity contribution < 1.29 is 14.6 Å². The van der Waals surface area contributed by atoms with Gasteiger partial charge in [-0.05, 0) is 91.5 Å². The maximum Gasteiger partial charge on any atom is 0.337 e. The van der Waals surface area contributed by atoms with Crippen LogP contribution in [0.15, 0.2) is 60.9 Å². The van der Waals surface area contributed by atoms with Gasteiger partial charge in [0.1, 0.15) is 0 Å². The first-order valence-electron chi connectivity index (χ1n) is 13.4. The summed E-state index contributed by atoms with van der Waals surface area (Å²) in [6.07, 6.45) is 10.8. The van der Waals surface area contributed by atoms with Crippen molar-refractivity contribution in [3.8, 4) is 0 Å². The van der Waals surface area contributed by atoms with Gasteiger partial charge in [0.25, 0.3) is 0 Å². The maximum atomic E-state index is 10.5. The second-order valence-electron chi connectivity index (χ2n) is 9.15. The number of carboxylic acids is 1. The van der Waals surface area contributed by atoms with Crippen LogP contribution in [0, 0.1) is 0 Å². The fourth-order valence-corrected chi connectivity index (χ4v) is 4.60. The van der Waals surface area contributed by atoms with Crippen LogP contribution in [0.25, 0.3) is 0 Å². The summed E-state index contributed by atoms with van der Waals surface area (Å²) >= 11 is 0. The number of aromatic carboxylic acids is 1. The minimum atomic E-state index is -0.947. The Morgan fingerprint density at radius 1 is 1.03 bits per heavy atom. The Morgan fingerprint density at radius 2 is 1.70 bits per heavy atom. The van der Waals surface area contributed by atoms with Gasteiger partial charge in [0.2, 0.25) is 0 Å². The molecule has 2 aliphatic rings. The first kappa shape index (κ1) is 28.2. The quantitative estimate of drug-likeness (QED) is 0.342. The summed E-state index contributed by atoms with van der Waals surface area (Å²) < 4.78 is 5.36. The molecule has 0 saturated heterocycles. The smallest absolute Gasteiger partial charge is 0.337 e. The van der Waals surface area contributed by atoms with Gasteiger partial charge in [-0.25, -0.2) is 4.79 Å². The fourth-order valence-electron chi connectivity index (χ4n) is 4.60. The predicted molar refractivity (Wildman–Crippen MR) is 152 cm³/mol. The number of ether oxygens (including phenoxy) is 1. The molecule has 1 fully saturated rings. The van der Waals surface area contributed by atoms with E-state index >= 15 is 0 Å². The molecule has 3 aromatic rings. The van der Waals surface area contributed by atoms with Crippen LogP contribution in [0.5, 0.6) is 0 Å². The van der Waals surface area contributed by atoms with Crippen LogP contribution in [-0.2, 0) is 17.6 Å². The number of pyridine rings is 1. The maximum absolute atomic E-state index is 10.5. The third-order valence-corrected chi connectivity index (χ3v) is 6.74. The Labute approximate surface area is 221 Å². The monoisotopic (exact) mass is 503 g/mol. The van der Waals surface area contributed by atoms with Gasteiger partial charge in [0.15, 0.2) is 0 Å². The third-order valence-electron chi connectivity index (χ3n) is 6.74. The number of aryl methyl sites for hydroxylation is 2. The summed E-state index contributed by atoms with van der Waals surface area (Å²) in [6.45, 7) is 5.62. The zero-order valence-corrected chi connectivity index (χ0v) is 22.7. The molecule has 0 atom stereocenters. The summed E-state index contributed by atoms with van der Waals surface area (Å²) in [6, 6.07) is 17.7. The minimum absolute atomic E-state index is 0.238. The molecule has 0 amide bonds. The van der Waals surface area contributed by atoms with Gasteiger partial charge >= 0.3 is 5.97 Å². The topological polar surface area (TPSA) is 74.7 Å². The highest BCUT2D eigenvalue weighted by Gasteiger charge is 2.23.